The van der Waals surface area contributed by atoms with Crippen LogP contribution in [0.4, 0.5) is 5.69 Å². The average Bonchev–Trinajstić information content (AvgIpc) is 3.25. The van der Waals surface area contributed by atoms with Gasteiger partial charge in [0.05, 0.1) is 21.3 Å². The van der Waals surface area contributed by atoms with E-state index in [1.165, 1.54) is 11.0 Å². The smallest absolute Gasteiger partial charge is 0.282 e. The molecule has 138 valence electrons. The van der Waals surface area contributed by atoms with Gasteiger partial charge in [-0.3, -0.25) is 9.59 Å². The number of nitrogens with zero attached hydrogens (tertiary/aromatic N) is 2. The second-order valence-corrected chi connectivity index (χ2v) is 7.72. The van der Waals surface area contributed by atoms with Crippen molar-refractivity contribution < 1.29 is 9.59 Å². The van der Waals surface area contributed by atoms with E-state index in [9.17, 15) is 9.59 Å². The van der Waals surface area contributed by atoms with E-state index < -0.39 is 0 Å². The number of imide groups is 1. The monoisotopic (exact) mass is 420 g/mol. The molecule has 1 fully saturated rings. The van der Waals surface area contributed by atoms with Crippen molar-refractivity contribution in [2.75, 3.05) is 18.0 Å². The van der Waals surface area contributed by atoms with Crippen LogP contribution >= 0.6 is 34.8 Å². The summed E-state index contributed by atoms with van der Waals surface area (Å²) in [7, 11) is 0. The van der Waals surface area contributed by atoms with Gasteiger partial charge in [0.25, 0.3) is 11.8 Å². The van der Waals surface area contributed by atoms with Crippen LogP contribution in [0.3, 0.4) is 0 Å². The molecule has 4 nitrogen and oxygen atoms in total. The predicted octanol–water partition coefficient (Wildman–Crippen LogP) is 5.03. The third-order valence-corrected chi connectivity index (χ3v) is 5.77. The van der Waals surface area contributed by atoms with Crippen molar-refractivity contribution in [2.24, 2.45) is 0 Å². The maximum atomic E-state index is 13.3. The zero-order valence-corrected chi connectivity index (χ0v) is 16.5. The molecule has 2 heterocycles. The zero-order valence-electron chi connectivity index (χ0n) is 14.2. The summed E-state index contributed by atoms with van der Waals surface area (Å²) >= 11 is 18.1. The van der Waals surface area contributed by atoms with E-state index in [1.54, 1.807) is 36.4 Å². The molecule has 4 rings (SSSR count). The van der Waals surface area contributed by atoms with E-state index in [2.05, 4.69) is 0 Å². The Labute approximate surface area is 171 Å². The molecule has 1 saturated heterocycles. The highest BCUT2D eigenvalue weighted by Gasteiger charge is 2.43. The molecule has 2 aromatic carbocycles. The molecule has 0 N–H and O–H groups in total. The molecule has 0 aromatic heterocycles. The summed E-state index contributed by atoms with van der Waals surface area (Å²) in [6.45, 7) is 1.50. The van der Waals surface area contributed by atoms with Crippen molar-refractivity contribution in [2.45, 2.75) is 12.8 Å². The van der Waals surface area contributed by atoms with Gasteiger partial charge in [0.1, 0.15) is 5.70 Å². The van der Waals surface area contributed by atoms with E-state index in [0.717, 1.165) is 25.9 Å². The van der Waals surface area contributed by atoms with E-state index in [1.807, 2.05) is 4.90 Å². The van der Waals surface area contributed by atoms with Gasteiger partial charge >= 0.3 is 0 Å². The highest BCUT2D eigenvalue weighted by Crippen LogP contribution is 2.37. The third kappa shape index (κ3) is 3.22. The molecule has 0 radical (unpaired) electrons. The summed E-state index contributed by atoms with van der Waals surface area (Å²) in [4.78, 5) is 29.7. The minimum Gasteiger partial charge on any atom is -0.366 e. The molecule has 2 aliphatic rings. The summed E-state index contributed by atoms with van der Waals surface area (Å²) in [6, 6.07) is 11.7. The normalized spacial score (nSPS) is 17.4. The number of hydrogen-bond acceptors (Lipinski definition) is 3. The van der Waals surface area contributed by atoms with Gasteiger partial charge in [-0.25, -0.2) is 4.90 Å². The first-order chi connectivity index (χ1) is 13.0. The molecule has 0 atom stereocenters. The molecule has 0 unspecified atom stereocenters. The van der Waals surface area contributed by atoms with Crippen LogP contribution in [0.2, 0.25) is 15.1 Å². The highest BCUT2D eigenvalue weighted by molar-refractivity contribution is 6.46. The first-order valence-electron chi connectivity index (χ1n) is 8.56. The Bertz CT molecular complexity index is 964. The van der Waals surface area contributed by atoms with E-state index >= 15 is 0 Å². The molecule has 2 amide bonds. The van der Waals surface area contributed by atoms with Gasteiger partial charge in [0, 0.05) is 18.1 Å². The Morgan fingerprint density at radius 1 is 0.778 bits per heavy atom. The fourth-order valence-corrected chi connectivity index (χ4v) is 3.91. The molecule has 0 spiro atoms. The first kappa shape index (κ1) is 18.4. The molecule has 7 heteroatoms. The van der Waals surface area contributed by atoms with E-state index in [0.29, 0.717) is 32.6 Å². The number of hydrogen-bond donors (Lipinski definition) is 0. The van der Waals surface area contributed by atoms with Gasteiger partial charge < -0.3 is 4.90 Å². The molecule has 2 aliphatic heterocycles. The Hall–Kier alpha value is -2.01. The first-order valence-corrected chi connectivity index (χ1v) is 9.70. The van der Waals surface area contributed by atoms with Crippen LogP contribution in [0.15, 0.2) is 48.2 Å². The number of halogens is 3. The predicted molar refractivity (Wildman–Crippen MR) is 108 cm³/mol. The van der Waals surface area contributed by atoms with Crippen LogP contribution in [0.1, 0.15) is 18.4 Å². The maximum Gasteiger partial charge on any atom is 0.282 e. The second kappa shape index (κ2) is 7.19. The highest BCUT2D eigenvalue weighted by atomic mass is 35.5. The molecular weight excluding hydrogens is 407 g/mol. The lowest BCUT2D eigenvalue weighted by molar-refractivity contribution is -0.120. The Kier molecular flexibility index (Phi) is 4.89. The second-order valence-electron chi connectivity index (χ2n) is 6.47. The lowest BCUT2D eigenvalue weighted by atomic mass is 10.0. The van der Waals surface area contributed by atoms with Crippen molar-refractivity contribution in [3.8, 4) is 0 Å². The van der Waals surface area contributed by atoms with Gasteiger partial charge in [-0.1, -0.05) is 46.9 Å². The van der Waals surface area contributed by atoms with Gasteiger partial charge in [0.15, 0.2) is 0 Å². The lowest BCUT2D eigenvalue weighted by Gasteiger charge is -2.20. The van der Waals surface area contributed by atoms with E-state index in [4.69, 9.17) is 34.8 Å². The number of carbonyl (C=O) groups excluding carboxylic acids is 2. The number of carbonyl (C=O) groups is 2. The van der Waals surface area contributed by atoms with Crippen molar-refractivity contribution >= 4 is 57.9 Å². The maximum absolute atomic E-state index is 13.3. The van der Waals surface area contributed by atoms with Crippen molar-refractivity contribution in [1.82, 2.24) is 4.90 Å². The van der Waals surface area contributed by atoms with Crippen LogP contribution in [-0.4, -0.2) is 29.8 Å². The van der Waals surface area contributed by atoms with Gasteiger partial charge in [-0.15, -0.1) is 0 Å². The van der Waals surface area contributed by atoms with Crippen LogP contribution in [-0.2, 0) is 9.59 Å². The van der Waals surface area contributed by atoms with Crippen molar-refractivity contribution in [3.63, 3.8) is 0 Å². The van der Waals surface area contributed by atoms with Crippen LogP contribution in [0.5, 0.6) is 0 Å². The molecule has 27 heavy (non-hydrogen) atoms. The summed E-state index contributed by atoms with van der Waals surface area (Å²) < 4.78 is 0. The lowest BCUT2D eigenvalue weighted by Crippen LogP contribution is -2.34. The number of anilines is 1. The number of likely N-dealkylation sites (tertiary alicyclic amines) is 1. The van der Waals surface area contributed by atoms with Gasteiger partial charge in [-0.2, -0.15) is 0 Å². The molecule has 0 bridgehead atoms. The minimum atomic E-state index is -0.373. The fourth-order valence-electron chi connectivity index (χ4n) is 3.49. The average molecular weight is 422 g/mol. The van der Waals surface area contributed by atoms with Crippen molar-refractivity contribution in [3.05, 3.63) is 68.8 Å². The van der Waals surface area contributed by atoms with Gasteiger partial charge in [0.2, 0.25) is 0 Å². The Morgan fingerprint density at radius 2 is 1.44 bits per heavy atom. The largest absolute Gasteiger partial charge is 0.366 e. The summed E-state index contributed by atoms with van der Waals surface area (Å²) in [5.74, 6) is -0.715. The van der Waals surface area contributed by atoms with E-state index in [-0.39, 0.29) is 16.8 Å². The van der Waals surface area contributed by atoms with Gasteiger partial charge in [-0.05, 0) is 48.7 Å². The van der Waals surface area contributed by atoms with Crippen molar-refractivity contribution in [1.29, 1.82) is 0 Å². The standard InChI is InChI=1S/C20H15Cl3N2O2/c21-13-5-3-12(4-6-13)17-18(24-9-1-2-10-24)20(27)25(19(17)26)14-7-8-15(22)16(23)11-14/h3-8,11H,1-2,9-10H2. The minimum absolute atomic E-state index is 0.289. The third-order valence-electron chi connectivity index (χ3n) is 4.78. The quantitative estimate of drug-likeness (QED) is 0.653. The zero-order chi connectivity index (χ0) is 19.1. The number of amides is 2. The number of rotatable bonds is 3. The summed E-state index contributed by atoms with van der Waals surface area (Å²) in [5, 5.41) is 1.22. The fraction of sp³-hybridized carbons (Fsp3) is 0.200. The van der Waals surface area contributed by atoms with Crippen LogP contribution < -0.4 is 4.90 Å². The summed E-state index contributed by atoms with van der Waals surface area (Å²) in [6.07, 6.45) is 1.98. The van der Waals surface area contributed by atoms with Crippen LogP contribution in [0, 0.1) is 0 Å². The SMILES string of the molecule is O=C1C(c2ccc(Cl)cc2)=C(N2CCCC2)C(=O)N1c1ccc(Cl)c(Cl)c1. The Morgan fingerprint density at radius 3 is 2.07 bits per heavy atom. The summed E-state index contributed by atoms with van der Waals surface area (Å²) in [5.41, 5.74) is 1.90. The number of benzene rings is 2. The Balaban J connectivity index is 1.83. The molecule has 0 saturated carbocycles. The molecule has 2 aromatic rings. The topological polar surface area (TPSA) is 40.6 Å². The molecule has 0 aliphatic carbocycles. The molecular formula is C20H15Cl3N2O2. The van der Waals surface area contributed by atoms with Crippen LogP contribution in [0.25, 0.3) is 5.57 Å².